The highest BCUT2D eigenvalue weighted by molar-refractivity contribution is 5.14. The van der Waals surface area contributed by atoms with Gasteiger partial charge in [0.1, 0.15) is 0 Å². The van der Waals surface area contributed by atoms with Crippen molar-refractivity contribution in [2.24, 2.45) is 0 Å². The standard InChI is InChI=1S/C13H17N3O/c1-3-12-14-13(17-15-12)10-16(2)9-11-7-5-4-6-8-11/h4-8H,3,9-10H2,1-2H3. The summed E-state index contributed by atoms with van der Waals surface area (Å²) in [6.45, 7) is 3.58. The SMILES string of the molecule is CCc1noc(CN(C)Cc2ccccc2)n1. The molecule has 0 bridgehead atoms. The molecule has 0 spiro atoms. The highest BCUT2D eigenvalue weighted by Gasteiger charge is 2.08. The number of rotatable bonds is 5. The molecule has 1 aromatic carbocycles. The van der Waals surface area contributed by atoms with Crippen molar-refractivity contribution in [2.75, 3.05) is 7.05 Å². The Morgan fingerprint density at radius 3 is 2.59 bits per heavy atom. The Hall–Kier alpha value is -1.68. The molecule has 0 saturated heterocycles. The summed E-state index contributed by atoms with van der Waals surface area (Å²) in [6.07, 6.45) is 0.811. The quantitative estimate of drug-likeness (QED) is 0.791. The van der Waals surface area contributed by atoms with Gasteiger partial charge in [0.05, 0.1) is 6.54 Å². The van der Waals surface area contributed by atoms with E-state index in [2.05, 4.69) is 27.2 Å². The van der Waals surface area contributed by atoms with Crippen LogP contribution in [0.5, 0.6) is 0 Å². The molecule has 0 fully saturated rings. The molecule has 17 heavy (non-hydrogen) atoms. The van der Waals surface area contributed by atoms with Crippen LogP contribution < -0.4 is 0 Å². The Labute approximate surface area is 101 Å². The summed E-state index contributed by atoms with van der Waals surface area (Å²) >= 11 is 0. The Bertz CT molecular complexity index is 453. The molecule has 0 aliphatic carbocycles. The van der Waals surface area contributed by atoms with Crippen LogP contribution in [-0.2, 0) is 19.5 Å². The van der Waals surface area contributed by atoms with Gasteiger partial charge in [-0.15, -0.1) is 0 Å². The number of hydrogen-bond acceptors (Lipinski definition) is 4. The molecular formula is C13H17N3O. The summed E-state index contributed by atoms with van der Waals surface area (Å²) in [7, 11) is 2.04. The summed E-state index contributed by atoms with van der Waals surface area (Å²) in [5.74, 6) is 1.45. The van der Waals surface area contributed by atoms with E-state index in [4.69, 9.17) is 4.52 Å². The molecule has 1 aromatic heterocycles. The summed E-state index contributed by atoms with van der Waals surface area (Å²) in [4.78, 5) is 6.45. The molecule has 0 aliphatic heterocycles. The van der Waals surface area contributed by atoms with Crippen LogP contribution in [0.25, 0.3) is 0 Å². The van der Waals surface area contributed by atoms with E-state index >= 15 is 0 Å². The first-order valence-corrected chi connectivity index (χ1v) is 5.82. The molecule has 0 N–H and O–H groups in total. The van der Waals surface area contributed by atoms with E-state index in [1.165, 1.54) is 5.56 Å². The Balaban J connectivity index is 1.91. The molecule has 90 valence electrons. The van der Waals surface area contributed by atoms with E-state index < -0.39 is 0 Å². The van der Waals surface area contributed by atoms with Crippen molar-refractivity contribution in [2.45, 2.75) is 26.4 Å². The van der Waals surface area contributed by atoms with Crippen LogP contribution in [0.2, 0.25) is 0 Å². The molecule has 0 aliphatic rings. The van der Waals surface area contributed by atoms with Crippen molar-refractivity contribution in [3.05, 3.63) is 47.6 Å². The van der Waals surface area contributed by atoms with E-state index in [1.54, 1.807) is 0 Å². The molecule has 0 radical (unpaired) electrons. The fourth-order valence-corrected chi connectivity index (χ4v) is 1.68. The zero-order chi connectivity index (χ0) is 12.1. The minimum Gasteiger partial charge on any atom is -0.338 e. The van der Waals surface area contributed by atoms with E-state index in [0.717, 1.165) is 18.8 Å². The molecular weight excluding hydrogens is 214 g/mol. The Kier molecular flexibility index (Phi) is 3.88. The first kappa shape index (κ1) is 11.8. The van der Waals surface area contributed by atoms with E-state index in [0.29, 0.717) is 12.4 Å². The first-order valence-electron chi connectivity index (χ1n) is 5.82. The second-order valence-corrected chi connectivity index (χ2v) is 4.12. The predicted molar refractivity (Wildman–Crippen MR) is 65.3 cm³/mol. The van der Waals surface area contributed by atoms with Gasteiger partial charge < -0.3 is 4.52 Å². The van der Waals surface area contributed by atoms with Gasteiger partial charge in [-0.3, -0.25) is 4.90 Å². The lowest BCUT2D eigenvalue weighted by molar-refractivity contribution is 0.260. The van der Waals surface area contributed by atoms with Gasteiger partial charge in [-0.25, -0.2) is 0 Å². The predicted octanol–water partition coefficient (Wildman–Crippen LogP) is 2.26. The van der Waals surface area contributed by atoms with E-state index in [9.17, 15) is 0 Å². The van der Waals surface area contributed by atoms with Gasteiger partial charge in [0, 0.05) is 13.0 Å². The second-order valence-electron chi connectivity index (χ2n) is 4.12. The summed E-state index contributed by atoms with van der Waals surface area (Å²) in [5.41, 5.74) is 1.28. The minimum atomic E-state index is 0.681. The monoisotopic (exact) mass is 231 g/mol. The zero-order valence-electron chi connectivity index (χ0n) is 10.3. The number of nitrogens with zero attached hydrogens (tertiary/aromatic N) is 3. The van der Waals surface area contributed by atoms with Crippen LogP contribution >= 0.6 is 0 Å². The summed E-state index contributed by atoms with van der Waals surface area (Å²) in [6, 6.07) is 10.3. The molecule has 0 unspecified atom stereocenters. The second kappa shape index (κ2) is 5.59. The maximum Gasteiger partial charge on any atom is 0.240 e. The normalized spacial score (nSPS) is 11.0. The van der Waals surface area contributed by atoms with Crippen LogP contribution in [0.1, 0.15) is 24.2 Å². The van der Waals surface area contributed by atoms with E-state index in [1.807, 2.05) is 32.2 Å². The lowest BCUT2D eigenvalue weighted by Crippen LogP contribution is -2.17. The van der Waals surface area contributed by atoms with Gasteiger partial charge in [0.15, 0.2) is 5.82 Å². The fraction of sp³-hybridized carbons (Fsp3) is 0.385. The van der Waals surface area contributed by atoms with Crippen molar-refractivity contribution in [3.8, 4) is 0 Å². The Morgan fingerprint density at radius 1 is 1.18 bits per heavy atom. The van der Waals surface area contributed by atoms with E-state index in [-0.39, 0.29) is 0 Å². The van der Waals surface area contributed by atoms with Gasteiger partial charge in [-0.05, 0) is 12.6 Å². The largest absolute Gasteiger partial charge is 0.338 e. The van der Waals surface area contributed by atoms with Gasteiger partial charge in [0.2, 0.25) is 5.89 Å². The van der Waals surface area contributed by atoms with Crippen molar-refractivity contribution >= 4 is 0 Å². The lowest BCUT2D eigenvalue weighted by Gasteiger charge is -2.13. The van der Waals surface area contributed by atoms with Crippen LogP contribution in [0.4, 0.5) is 0 Å². The third-order valence-electron chi connectivity index (χ3n) is 2.53. The smallest absolute Gasteiger partial charge is 0.240 e. The number of aromatic nitrogens is 2. The van der Waals surface area contributed by atoms with Crippen LogP contribution in [0.3, 0.4) is 0 Å². The van der Waals surface area contributed by atoms with Crippen molar-refractivity contribution in [3.63, 3.8) is 0 Å². The van der Waals surface area contributed by atoms with Crippen molar-refractivity contribution in [1.29, 1.82) is 0 Å². The number of aryl methyl sites for hydroxylation is 1. The summed E-state index contributed by atoms with van der Waals surface area (Å²) in [5, 5.41) is 3.88. The maximum atomic E-state index is 5.16. The van der Waals surface area contributed by atoms with Crippen LogP contribution in [-0.4, -0.2) is 22.1 Å². The van der Waals surface area contributed by atoms with Gasteiger partial charge in [0.25, 0.3) is 0 Å². The maximum absolute atomic E-state index is 5.16. The average molecular weight is 231 g/mol. The average Bonchev–Trinajstić information content (AvgIpc) is 2.78. The van der Waals surface area contributed by atoms with Gasteiger partial charge in [-0.2, -0.15) is 4.98 Å². The van der Waals surface area contributed by atoms with Crippen LogP contribution in [0.15, 0.2) is 34.9 Å². The first-order chi connectivity index (χ1) is 8.28. The van der Waals surface area contributed by atoms with Gasteiger partial charge >= 0.3 is 0 Å². The van der Waals surface area contributed by atoms with Crippen LogP contribution in [0, 0.1) is 0 Å². The highest BCUT2D eigenvalue weighted by Crippen LogP contribution is 2.06. The third kappa shape index (κ3) is 3.39. The topological polar surface area (TPSA) is 42.2 Å². The molecule has 2 aromatic rings. The molecule has 1 heterocycles. The lowest BCUT2D eigenvalue weighted by atomic mass is 10.2. The molecule has 0 atom stereocenters. The third-order valence-corrected chi connectivity index (χ3v) is 2.53. The molecule has 0 amide bonds. The fourth-order valence-electron chi connectivity index (χ4n) is 1.68. The minimum absolute atomic E-state index is 0.681. The molecule has 4 heteroatoms. The zero-order valence-corrected chi connectivity index (χ0v) is 10.3. The highest BCUT2D eigenvalue weighted by atomic mass is 16.5. The molecule has 0 saturated carbocycles. The summed E-state index contributed by atoms with van der Waals surface area (Å²) < 4.78 is 5.16. The molecule has 4 nitrogen and oxygen atoms in total. The molecule has 2 rings (SSSR count). The van der Waals surface area contributed by atoms with Gasteiger partial charge in [-0.1, -0.05) is 42.4 Å². The van der Waals surface area contributed by atoms with Crippen molar-refractivity contribution < 1.29 is 4.52 Å². The number of hydrogen-bond donors (Lipinski definition) is 0. The Morgan fingerprint density at radius 2 is 1.94 bits per heavy atom. The van der Waals surface area contributed by atoms with Crippen molar-refractivity contribution in [1.82, 2.24) is 15.0 Å². The number of benzene rings is 1.